The smallest absolute Gasteiger partial charge is 0.331 e. The lowest BCUT2D eigenvalue weighted by atomic mass is 9.33. The van der Waals surface area contributed by atoms with Crippen LogP contribution in [0.5, 0.6) is 5.75 Å². The number of ether oxygens (including phenoxy) is 5. The zero-order chi connectivity index (χ0) is 47.2. The second kappa shape index (κ2) is 17.2. The summed E-state index contributed by atoms with van der Waals surface area (Å²) in [5.74, 6) is -1.46. The first-order valence-electron chi connectivity index (χ1n) is 23.6. The number of esters is 2. The van der Waals surface area contributed by atoms with Gasteiger partial charge >= 0.3 is 11.9 Å². The second-order valence-corrected chi connectivity index (χ2v) is 22.7. The van der Waals surface area contributed by atoms with E-state index in [9.17, 15) is 45.6 Å². The van der Waals surface area contributed by atoms with Crippen LogP contribution < -0.4 is 0 Å². The molecule has 0 aromatic heterocycles. The monoisotopic (exact) mass is 912 g/mol. The Balaban J connectivity index is 1.12. The third-order valence-electron chi connectivity index (χ3n) is 18.4. The minimum Gasteiger partial charge on any atom is -0.508 e. The maximum atomic E-state index is 15.3. The molecule has 0 radical (unpaired) electrons. The summed E-state index contributed by atoms with van der Waals surface area (Å²) >= 11 is 0. The lowest BCUT2D eigenvalue weighted by molar-refractivity contribution is -0.347. The number of allylic oxidation sites excluding steroid dienone is 2. The van der Waals surface area contributed by atoms with Crippen molar-refractivity contribution in [3.05, 3.63) is 47.6 Å². The standard InChI is InChI=1S/C50H72O15/c1-45(2)20-21-50(29(22-45)28-13-14-33-47(5)18-17-34(54)46(3,4)32(47)16-19-48(33,6)49(28,7)23-35(50)55)44(60)65-43-41(63-36(56)15-10-26-8-11-27(52)12-9-26)40(30(53)25-61-43)64-42-39(59)38(58)37(57)31(24-51)62-42/h8-13,15,29-35,37-43,51-55,57-59H,14,16-25H2,1-7H3/b15-10+. The van der Waals surface area contributed by atoms with E-state index in [-0.39, 0.29) is 33.5 Å². The number of carbonyl (C=O) groups is 2. The molecule has 18 unspecified atom stereocenters. The van der Waals surface area contributed by atoms with Crippen molar-refractivity contribution in [3.8, 4) is 5.75 Å². The van der Waals surface area contributed by atoms with Gasteiger partial charge in [-0.2, -0.15) is 0 Å². The van der Waals surface area contributed by atoms with Crippen LogP contribution in [0.2, 0.25) is 0 Å². The van der Waals surface area contributed by atoms with Crippen LogP contribution in [0.15, 0.2) is 42.0 Å². The van der Waals surface area contributed by atoms with Crippen LogP contribution in [0, 0.1) is 50.2 Å². The molecule has 2 heterocycles. The Kier molecular flexibility index (Phi) is 12.8. The van der Waals surface area contributed by atoms with E-state index < -0.39 is 103 Å². The normalized spacial score (nSPS) is 46.7. The highest BCUT2D eigenvalue weighted by Crippen LogP contribution is 2.76. The first kappa shape index (κ1) is 48.5. The average Bonchev–Trinajstić information content (AvgIpc) is 3.24. The fourth-order valence-corrected chi connectivity index (χ4v) is 14.3. The molecule has 1 aromatic carbocycles. The van der Waals surface area contributed by atoms with Gasteiger partial charge < -0.3 is 64.5 Å². The number of hydrogen-bond donors (Lipinski definition) is 8. The molecule has 0 spiro atoms. The Morgan fingerprint density at radius 1 is 0.785 bits per heavy atom. The highest BCUT2D eigenvalue weighted by Gasteiger charge is 2.72. The summed E-state index contributed by atoms with van der Waals surface area (Å²) in [6, 6.07) is 6.01. The van der Waals surface area contributed by atoms with Gasteiger partial charge in [-0.3, -0.25) is 4.79 Å². The number of aliphatic hydroxyl groups is 7. The predicted molar refractivity (Wildman–Crippen MR) is 234 cm³/mol. The Morgan fingerprint density at radius 3 is 2.18 bits per heavy atom. The minimum absolute atomic E-state index is 0.0246. The van der Waals surface area contributed by atoms with Gasteiger partial charge in [-0.1, -0.05) is 72.2 Å². The molecule has 0 bridgehead atoms. The Bertz CT molecular complexity index is 2000. The van der Waals surface area contributed by atoms with Crippen LogP contribution in [0.4, 0.5) is 0 Å². The van der Waals surface area contributed by atoms with Crippen molar-refractivity contribution >= 4 is 18.0 Å². The van der Waals surface area contributed by atoms with Gasteiger partial charge in [0.05, 0.1) is 25.4 Å². The maximum absolute atomic E-state index is 15.3. The Labute approximate surface area is 381 Å². The van der Waals surface area contributed by atoms with E-state index in [0.29, 0.717) is 43.1 Å². The van der Waals surface area contributed by atoms with Gasteiger partial charge in [0.25, 0.3) is 0 Å². The molecule has 2 saturated heterocycles. The lowest BCUT2D eigenvalue weighted by Crippen LogP contribution is -2.68. The average molecular weight is 913 g/mol. The summed E-state index contributed by atoms with van der Waals surface area (Å²) < 4.78 is 29.8. The minimum atomic E-state index is -1.87. The number of fused-ring (bicyclic) bond motifs is 7. The predicted octanol–water partition coefficient (Wildman–Crippen LogP) is 3.90. The molecule has 1 aromatic rings. The van der Waals surface area contributed by atoms with Crippen LogP contribution in [0.25, 0.3) is 6.08 Å². The number of aliphatic hydroxyl groups excluding tert-OH is 7. The van der Waals surface area contributed by atoms with Gasteiger partial charge in [-0.05, 0) is 126 Å². The van der Waals surface area contributed by atoms with Crippen LogP contribution in [-0.4, -0.2) is 134 Å². The van der Waals surface area contributed by atoms with Crippen LogP contribution in [0.3, 0.4) is 0 Å². The van der Waals surface area contributed by atoms with E-state index >= 15 is 4.79 Å². The van der Waals surface area contributed by atoms with E-state index in [1.807, 2.05) is 0 Å². The number of hydrogen-bond acceptors (Lipinski definition) is 15. The second-order valence-electron chi connectivity index (χ2n) is 22.7. The van der Waals surface area contributed by atoms with Crippen molar-refractivity contribution in [2.24, 2.45) is 50.2 Å². The summed E-state index contributed by atoms with van der Waals surface area (Å²) in [5.41, 5.74) is -0.849. The third-order valence-corrected chi connectivity index (χ3v) is 18.4. The largest absolute Gasteiger partial charge is 0.508 e. The molecule has 362 valence electrons. The van der Waals surface area contributed by atoms with Crippen LogP contribution in [0.1, 0.15) is 112 Å². The zero-order valence-electron chi connectivity index (χ0n) is 38.8. The van der Waals surface area contributed by atoms with Crippen molar-refractivity contribution in [3.63, 3.8) is 0 Å². The summed E-state index contributed by atoms with van der Waals surface area (Å²) in [4.78, 5) is 28.9. The highest BCUT2D eigenvalue weighted by atomic mass is 16.8. The molecule has 7 aliphatic rings. The quantitative estimate of drug-likeness (QED) is 0.105. The molecular formula is C50H72O15. The molecule has 18 atom stereocenters. The summed E-state index contributed by atoms with van der Waals surface area (Å²) in [5, 5.41) is 86.8. The molecule has 8 N–H and O–H groups in total. The van der Waals surface area contributed by atoms with Crippen molar-refractivity contribution in [1.82, 2.24) is 0 Å². The Hall–Kier alpha value is -2.96. The van der Waals surface area contributed by atoms with E-state index in [1.165, 1.54) is 18.2 Å². The van der Waals surface area contributed by atoms with E-state index in [4.69, 9.17) is 23.7 Å². The molecule has 15 nitrogen and oxygen atoms in total. The van der Waals surface area contributed by atoms with Crippen LogP contribution in [-0.2, 0) is 33.3 Å². The molecule has 8 rings (SSSR count). The highest BCUT2D eigenvalue weighted by molar-refractivity contribution is 5.87. The fourth-order valence-electron chi connectivity index (χ4n) is 14.3. The summed E-state index contributed by atoms with van der Waals surface area (Å²) in [6.07, 6.45) is -5.45. The van der Waals surface area contributed by atoms with Gasteiger partial charge in [0, 0.05) is 6.08 Å². The van der Waals surface area contributed by atoms with E-state index in [2.05, 4.69) is 54.5 Å². The number of carbonyl (C=O) groups excluding carboxylic acids is 2. The molecule has 4 saturated carbocycles. The van der Waals surface area contributed by atoms with Crippen molar-refractivity contribution in [1.29, 1.82) is 0 Å². The number of rotatable bonds is 8. The molecule has 2 aliphatic heterocycles. The fraction of sp³-hybridized carbons (Fsp3) is 0.760. The molecular weight excluding hydrogens is 841 g/mol. The SMILES string of the molecule is CC1(C)CCC2(C(=O)OC3OCC(O)C(OC4OC(CO)C(O)C(O)C4O)C3OC(=O)/C=C/c3ccc(O)cc3)C(O)CC3(C)C(=CCC4C5(C)CCC(O)C(C)(C)C5CCC43C)C2C1. The first-order valence-corrected chi connectivity index (χ1v) is 23.6. The van der Waals surface area contributed by atoms with Crippen molar-refractivity contribution < 1.29 is 74.1 Å². The van der Waals surface area contributed by atoms with E-state index in [0.717, 1.165) is 43.8 Å². The van der Waals surface area contributed by atoms with Crippen molar-refractivity contribution in [2.75, 3.05) is 13.2 Å². The molecule has 5 aliphatic carbocycles. The topological polar surface area (TPSA) is 242 Å². The van der Waals surface area contributed by atoms with Gasteiger partial charge in [0.1, 0.15) is 47.8 Å². The van der Waals surface area contributed by atoms with Crippen molar-refractivity contribution in [2.45, 2.75) is 174 Å². The third kappa shape index (κ3) is 7.91. The molecule has 6 fully saturated rings. The van der Waals surface area contributed by atoms with E-state index in [1.54, 1.807) is 12.1 Å². The zero-order valence-corrected chi connectivity index (χ0v) is 38.8. The van der Waals surface area contributed by atoms with Crippen LogP contribution >= 0.6 is 0 Å². The van der Waals surface area contributed by atoms with Gasteiger partial charge in [-0.25, -0.2) is 4.79 Å². The molecule has 65 heavy (non-hydrogen) atoms. The molecule has 0 amide bonds. The molecule has 15 heteroatoms. The maximum Gasteiger partial charge on any atom is 0.331 e. The number of phenols is 1. The summed E-state index contributed by atoms with van der Waals surface area (Å²) in [6.45, 7) is 14.7. The number of benzene rings is 1. The lowest BCUT2D eigenvalue weighted by Gasteiger charge is -2.71. The Morgan fingerprint density at radius 2 is 1.49 bits per heavy atom. The van der Waals surface area contributed by atoms with Gasteiger partial charge in [-0.15, -0.1) is 0 Å². The first-order chi connectivity index (χ1) is 30.4. The number of aromatic hydroxyl groups is 1. The number of phenolic OH excluding ortho intramolecular Hbond substituents is 1. The van der Waals surface area contributed by atoms with Gasteiger partial charge in [0.15, 0.2) is 12.4 Å². The summed E-state index contributed by atoms with van der Waals surface area (Å²) in [7, 11) is 0. The van der Waals surface area contributed by atoms with Gasteiger partial charge in [0.2, 0.25) is 6.29 Å².